The molecule has 0 fully saturated rings. The van der Waals surface area contributed by atoms with Gasteiger partial charge in [-0.2, -0.15) is 0 Å². The summed E-state index contributed by atoms with van der Waals surface area (Å²) >= 11 is 10.9. The highest BCUT2D eigenvalue weighted by molar-refractivity contribution is 8.03. The van der Waals surface area contributed by atoms with Crippen LogP contribution in [0.3, 0.4) is 0 Å². The van der Waals surface area contributed by atoms with E-state index in [9.17, 15) is 28.6 Å². The number of hydrogen-bond donors (Lipinski definition) is 0. The SMILES string of the molecule is O=[N+]([O-])c1ccc(/C=C(\c2ccc([N+](=O)[O-])o2)S(=O)(=O)C(Cl)Cl)o1. The predicted molar refractivity (Wildman–Crippen MR) is 83.0 cm³/mol. The minimum absolute atomic E-state index is 0.215. The van der Waals surface area contributed by atoms with Gasteiger partial charge in [0, 0.05) is 6.08 Å². The van der Waals surface area contributed by atoms with Crippen LogP contribution in [0, 0.1) is 20.2 Å². The van der Waals surface area contributed by atoms with Gasteiger partial charge >= 0.3 is 11.8 Å². The Labute approximate surface area is 143 Å². The molecule has 24 heavy (non-hydrogen) atoms. The third kappa shape index (κ3) is 3.58. The van der Waals surface area contributed by atoms with Crippen molar-refractivity contribution in [3.05, 3.63) is 56.0 Å². The lowest BCUT2D eigenvalue weighted by Crippen LogP contribution is -2.10. The van der Waals surface area contributed by atoms with Gasteiger partial charge in [-0.25, -0.2) is 8.42 Å². The van der Waals surface area contributed by atoms with E-state index in [1.807, 2.05) is 0 Å². The summed E-state index contributed by atoms with van der Waals surface area (Å²) in [6.45, 7) is 0. The molecule has 10 nitrogen and oxygen atoms in total. The summed E-state index contributed by atoms with van der Waals surface area (Å²) in [7, 11) is -4.37. The Morgan fingerprint density at radius 1 is 1.04 bits per heavy atom. The highest BCUT2D eigenvalue weighted by atomic mass is 35.5. The van der Waals surface area contributed by atoms with Crippen molar-refractivity contribution in [3.8, 4) is 0 Å². The highest BCUT2D eigenvalue weighted by Crippen LogP contribution is 2.34. The summed E-state index contributed by atoms with van der Waals surface area (Å²) in [5.41, 5.74) is 0. The molecular weight excluding hydrogens is 391 g/mol. The molecule has 2 aromatic rings. The van der Waals surface area contributed by atoms with E-state index in [1.165, 1.54) is 0 Å². The Morgan fingerprint density at radius 2 is 1.58 bits per heavy atom. The standard InChI is InChI=1S/C11H6Cl2N2O8S/c12-11(13)24(20,21)8(7-2-4-10(23-7)15(18)19)5-6-1-3-9(22-6)14(16)17/h1-5,11H/b8-5+. The fourth-order valence-corrected chi connectivity index (χ4v) is 3.03. The first-order valence-electron chi connectivity index (χ1n) is 5.85. The lowest BCUT2D eigenvalue weighted by atomic mass is 10.3. The maximum absolute atomic E-state index is 12.2. The van der Waals surface area contributed by atoms with Crippen molar-refractivity contribution in [2.24, 2.45) is 0 Å². The van der Waals surface area contributed by atoms with Gasteiger partial charge in [0.2, 0.25) is 14.0 Å². The molecule has 0 atom stereocenters. The molecule has 0 aliphatic heterocycles. The largest absolute Gasteiger partial charge is 0.433 e. The Morgan fingerprint density at radius 3 is 2.04 bits per heavy atom. The average Bonchev–Trinajstić information content (AvgIpc) is 3.13. The van der Waals surface area contributed by atoms with E-state index in [0.29, 0.717) is 0 Å². The molecule has 0 unspecified atom stereocenters. The first-order valence-corrected chi connectivity index (χ1v) is 8.27. The fourth-order valence-electron chi connectivity index (χ4n) is 1.59. The first kappa shape index (κ1) is 18.0. The summed E-state index contributed by atoms with van der Waals surface area (Å²) in [6.07, 6.45) is 0.864. The summed E-state index contributed by atoms with van der Waals surface area (Å²) in [5, 5.41) is 21.2. The summed E-state index contributed by atoms with van der Waals surface area (Å²) < 4.78 is 32.2. The van der Waals surface area contributed by atoms with Gasteiger partial charge in [0.1, 0.15) is 20.5 Å². The third-order valence-electron chi connectivity index (χ3n) is 2.62. The molecule has 0 saturated heterocycles. The maximum Gasteiger partial charge on any atom is 0.433 e. The monoisotopic (exact) mass is 396 g/mol. The third-order valence-corrected chi connectivity index (χ3v) is 5.43. The normalized spacial score (nSPS) is 12.5. The molecule has 0 bridgehead atoms. The van der Waals surface area contributed by atoms with Crippen molar-refractivity contribution >= 4 is 55.8 Å². The van der Waals surface area contributed by atoms with Crippen molar-refractivity contribution in [3.63, 3.8) is 0 Å². The Hall–Kier alpha value is -2.37. The van der Waals surface area contributed by atoms with Crippen LogP contribution in [0.5, 0.6) is 0 Å². The Balaban J connectivity index is 2.59. The minimum atomic E-state index is -4.37. The van der Waals surface area contributed by atoms with Gasteiger partial charge in [0.25, 0.3) is 0 Å². The molecule has 0 aliphatic rings. The molecule has 13 heteroatoms. The van der Waals surface area contributed by atoms with Crippen molar-refractivity contribution in [2.75, 3.05) is 0 Å². The number of rotatable bonds is 6. The number of hydrogen-bond acceptors (Lipinski definition) is 8. The fraction of sp³-hybridized carbons (Fsp3) is 0.0909. The Bertz CT molecular complexity index is 927. The lowest BCUT2D eigenvalue weighted by Gasteiger charge is -2.06. The summed E-state index contributed by atoms with van der Waals surface area (Å²) in [5.74, 6) is -1.98. The van der Waals surface area contributed by atoms with Crippen molar-refractivity contribution in [1.29, 1.82) is 0 Å². The number of sulfone groups is 1. The molecule has 0 amide bonds. The van der Waals surface area contributed by atoms with Crippen LogP contribution < -0.4 is 0 Å². The Kier molecular flexibility index (Phi) is 4.96. The molecule has 0 N–H and O–H groups in total. The number of nitro groups is 2. The van der Waals surface area contributed by atoms with Crippen LogP contribution in [-0.4, -0.2) is 22.4 Å². The smallest absolute Gasteiger partial charge is 0.401 e. The molecule has 0 saturated carbocycles. The van der Waals surface area contributed by atoms with Crippen LogP contribution in [0.2, 0.25) is 0 Å². The minimum Gasteiger partial charge on any atom is -0.401 e. The van der Waals surface area contributed by atoms with Crippen LogP contribution in [0.25, 0.3) is 11.0 Å². The van der Waals surface area contributed by atoms with Gasteiger partial charge in [0.15, 0.2) is 5.76 Å². The van der Waals surface area contributed by atoms with E-state index >= 15 is 0 Å². The molecule has 2 heterocycles. The highest BCUT2D eigenvalue weighted by Gasteiger charge is 2.31. The summed E-state index contributed by atoms with van der Waals surface area (Å²) in [4.78, 5) is 18.9. The maximum atomic E-state index is 12.2. The van der Waals surface area contributed by atoms with E-state index in [-0.39, 0.29) is 5.76 Å². The number of furan rings is 2. The van der Waals surface area contributed by atoms with Crippen LogP contribution in [0.4, 0.5) is 11.8 Å². The number of halogens is 2. The molecule has 0 radical (unpaired) electrons. The van der Waals surface area contributed by atoms with E-state index in [1.54, 1.807) is 0 Å². The molecule has 0 aliphatic carbocycles. The second-order valence-corrected chi connectivity index (χ2v) is 7.76. The summed E-state index contributed by atoms with van der Waals surface area (Å²) in [6, 6.07) is 4.08. The van der Waals surface area contributed by atoms with Crippen molar-refractivity contribution in [2.45, 2.75) is 4.17 Å². The van der Waals surface area contributed by atoms with Crippen LogP contribution in [-0.2, 0) is 9.84 Å². The van der Waals surface area contributed by atoms with Gasteiger partial charge in [0.05, 0.1) is 12.1 Å². The zero-order chi connectivity index (χ0) is 18.1. The molecule has 128 valence electrons. The van der Waals surface area contributed by atoms with E-state index < -0.39 is 46.3 Å². The van der Waals surface area contributed by atoms with Gasteiger partial charge < -0.3 is 8.83 Å². The van der Waals surface area contributed by atoms with E-state index in [2.05, 4.69) is 0 Å². The van der Waals surface area contributed by atoms with Crippen molar-refractivity contribution < 1.29 is 27.1 Å². The average molecular weight is 397 g/mol. The van der Waals surface area contributed by atoms with E-state index in [4.69, 9.17) is 32.0 Å². The second-order valence-electron chi connectivity index (χ2n) is 4.14. The van der Waals surface area contributed by atoms with Gasteiger partial charge in [-0.15, -0.1) is 0 Å². The quantitative estimate of drug-likeness (QED) is 0.409. The number of alkyl halides is 2. The van der Waals surface area contributed by atoms with Gasteiger partial charge in [-0.1, -0.05) is 23.2 Å². The zero-order valence-electron chi connectivity index (χ0n) is 11.3. The second kappa shape index (κ2) is 6.63. The van der Waals surface area contributed by atoms with E-state index in [0.717, 1.165) is 30.3 Å². The number of nitrogens with zero attached hydrogens (tertiary/aromatic N) is 2. The topological polar surface area (TPSA) is 147 Å². The van der Waals surface area contributed by atoms with Gasteiger partial charge in [-0.3, -0.25) is 20.2 Å². The molecule has 0 aromatic carbocycles. The molecule has 2 rings (SSSR count). The lowest BCUT2D eigenvalue weighted by molar-refractivity contribution is -0.402. The molecule has 0 spiro atoms. The van der Waals surface area contributed by atoms with Crippen LogP contribution in [0.1, 0.15) is 11.5 Å². The predicted octanol–water partition coefficient (Wildman–Crippen LogP) is 3.36. The van der Waals surface area contributed by atoms with Crippen molar-refractivity contribution in [1.82, 2.24) is 0 Å². The molecule has 2 aromatic heterocycles. The first-order chi connectivity index (χ1) is 11.1. The van der Waals surface area contributed by atoms with Crippen LogP contribution >= 0.6 is 23.2 Å². The van der Waals surface area contributed by atoms with Crippen LogP contribution in [0.15, 0.2) is 33.1 Å². The van der Waals surface area contributed by atoms with Gasteiger partial charge in [-0.05, 0) is 12.1 Å². The zero-order valence-corrected chi connectivity index (χ0v) is 13.6. The molecular formula is C11H6Cl2N2O8S.